The number of hydrogen-bond acceptors (Lipinski definition) is 20. The molecule has 0 aliphatic carbocycles. The van der Waals surface area contributed by atoms with E-state index in [0.717, 1.165) is 12.2 Å². The van der Waals surface area contributed by atoms with Crippen LogP contribution in [0, 0.1) is 11.8 Å². The first kappa shape index (κ1) is 51.8. The number of nitrogens with one attached hydrogen (secondary N) is 1. The first-order valence-corrected chi connectivity index (χ1v) is 26.9. The van der Waals surface area contributed by atoms with Gasteiger partial charge in [-0.15, -0.1) is 0 Å². The highest BCUT2D eigenvalue weighted by Gasteiger charge is 2.44. The lowest BCUT2D eigenvalue weighted by Gasteiger charge is -2.22. The molecule has 1 fully saturated rings. The molecule has 334 valence electrons. The second-order valence-corrected chi connectivity index (χ2v) is 22.7. The van der Waals surface area contributed by atoms with E-state index in [0.29, 0.717) is 48.6 Å². The summed E-state index contributed by atoms with van der Waals surface area (Å²) in [5.41, 5.74) is 6.91. The Bertz CT molecular complexity index is 1900. The SMILES string of the molecule is CCSSCO[C@H]1C[C@H](n2cc(C#CCNC(=O)OCCCCOCSSC(C)(C)CCOC(C)=O)c3c(N)ncnc32)O[C@@H]1COP(=O)(O)OP(=O)(O)OP(=O)(O)O. The molecule has 0 saturated carbocycles. The molecule has 5 atom stereocenters. The van der Waals surface area contributed by atoms with Crippen LogP contribution in [0.15, 0.2) is 12.5 Å². The maximum Gasteiger partial charge on any atom is 0.490 e. The summed E-state index contributed by atoms with van der Waals surface area (Å²) in [6, 6.07) is 0. The van der Waals surface area contributed by atoms with Crippen molar-refractivity contribution >= 4 is 95.6 Å². The number of carbonyl (C=O) groups is 2. The maximum atomic E-state index is 12.4. The molecule has 7 N–H and O–H groups in total. The normalized spacial score (nSPS) is 19.1. The van der Waals surface area contributed by atoms with Gasteiger partial charge in [0.15, 0.2) is 0 Å². The lowest BCUT2D eigenvalue weighted by atomic mass is 10.1. The fraction of sp³-hybridized carbons (Fsp3) is 0.667. The van der Waals surface area contributed by atoms with Gasteiger partial charge >= 0.3 is 35.5 Å². The number of hydrogen-bond donors (Lipinski definition) is 6. The van der Waals surface area contributed by atoms with Crippen LogP contribution < -0.4 is 11.1 Å². The number of esters is 1. The molecule has 0 radical (unpaired) electrons. The van der Waals surface area contributed by atoms with Crippen molar-refractivity contribution in [2.45, 2.75) is 76.6 Å². The van der Waals surface area contributed by atoms with Crippen molar-refractivity contribution in [1.29, 1.82) is 0 Å². The molecule has 2 aromatic rings. The van der Waals surface area contributed by atoms with E-state index in [2.05, 4.69) is 49.6 Å². The molecule has 3 heterocycles. The Kier molecular flexibility index (Phi) is 21.8. The van der Waals surface area contributed by atoms with Gasteiger partial charge in [0.2, 0.25) is 0 Å². The minimum absolute atomic E-state index is 0.0692. The Morgan fingerprint density at radius 2 is 1.78 bits per heavy atom. The zero-order valence-corrected chi connectivity index (χ0v) is 38.3. The lowest BCUT2D eigenvalue weighted by Crippen LogP contribution is -2.28. The smallest absolute Gasteiger partial charge is 0.466 e. The van der Waals surface area contributed by atoms with Gasteiger partial charge in [0.25, 0.3) is 0 Å². The molecule has 0 aromatic carbocycles. The van der Waals surface area contributed by atoms with E-state index < -0.39 is 54.6 Å². The number of unbranched alkanes of at least 4 members (excludes halogenated alkanes) is 1. The highest BCUT2D eigenvalue weighted by molar-refractivity contribution is 8.77. The standard InChI is InChI=1S/C30H48N5O17P3S4/c1-5-56-57-20-48-23-15-25(50-24(23)17-49-54(41,42)52-55(43,44)51-53(38,39)40)35-16-22(26-27(31)33-18-34-28(26)35)9-8-11-32-29(37)47-13-7-6-12-45-19-58-59-30(3,4)10-14-46-21(2)36/h16,18,23-25H,5-7,10-15,17,19-20H2,1-4H3,(H,32,37)(H,41,42)(H,43,44)(H2,31,33,34)(H2,38,39,40)/t23-,24+,25+/m0/s1. The monoisotopic (exact) mass is 971 g/mol. The average Bonchev–Trinajstić information content (AvgIpc) is 3.70. The first-order valence-electron chi connectivity index (χ1n) is 17.5. The van der Waals surface area contributed by atoms with Crippen LogP contribution in [0.4, 0.5) is 10.6 Å². The minimum Gasteiger partial charge on any atom is -0.466 e. The number of phosphoric ester groups is 1. The largest absolute Gasteiger partial charge is 0.490 e. The van der Waals surface area contributed by atoms with Crippen LogP contribution in [0.1, 0.15) is 65.2 Å². The van der Waals surface area contributed by atoms with Gasteiger partial charge in [-0.05, 0) is 33.1 Å². The van der Waals surface area contributed by atoms with E-state index in [1.165, 1.54) is 34.8 Å². The molecule has 1 amide bonds. The van der Waals surface area contributed by atoms with E-state index in [1.54, 1.807) is 32.4 Å². The molecule has 1 aliphatic rings. The van der Waals surface area contributed by atoms with Gasteiger partial charge in [-0.25, -0.2) is 28.5 Å². The van der Waals surface area contributed by atoms with Crippen molar-refractivity contribution in [3.8, 4) is 11.8 Å². The molecular formula is C30H48N5O17P3S4. The summed E-state index contributed by atoms with van der Waals surface area (Å²) in [5.74, 6) is 7.06. The fourth-order valence-corrected chi connectivity index (χ4v) is 11.5. The van der Waals surface area contributed by atoms with E-state index >= 15 is 0 Å². The highest BCUT2D eigenvalue weighted by atomic mass is 33.1. The minimum atomic E-state index is -5.73. The number of ether oxygens (including phenoxy) is 5. The Hall–Kier alpha value is -1.59. The summed E-state index contributed by atoms with van der Waals surface area (Å²) in [6.45, 7) is 7.72. The Labute approximate surface area is 356 Å². The Balaban J connectivity index is 1.53. The zero-order valence-electron chi connectivity index (χ0n) is 32.4. The number of alkyl carbamates (subject to hydrolysis) is 1. The van der Waals surface area contributed by atoms with Gasteiger partial charge < -0.3 is 58.9 Å². The molecule has 2 unspecified atom stereocenters. The van der Waals surface area contributed by atoms with Crippen molar-refractivity contribution in [3.05, 3.63) is 18.1 Å². The number of phosphoric acid groups is 3. The third-order valence-electron chi connectivity index (χ3n) is 7.36. The first-order chi connectivity index (χ1) is 27.7. The van der Waals surface area contributed by atoms with Gasteiger partial charge in [-0.2, -0.15) is 8.62 Å². The summed E-state index contributed by atoms with van der Waals surface area (Å²) >= 11 is 0. The van der Waals surface area contributed by atoms with Crippen LogP contribution in [0.5, 0.6) is 0 Å². The Morgan fingerprint density at radius 1 is 1.03 bits per heavy atom. The topological polar surface area (TPSA) is 309 Å². The van der Waals surface area contributed by atoms with Crippen LogP contribution >= 0.6 is 66.6 Å². The van der Waals surface area contributed by atoms with E-state index in [1.807, 2.05) is 6.92 Å². The highest BCUT2D eigenvalue weighted by Crippen LogP contribution is 2.66. The maximum absolute atomic E-state index is 12.4. The average molecular weight is 972 g/mol. The number of carbonyl (C=O) groups excluding carboxylic acids is 2. The third kappa shape index (κ3) is 20.0. The summed E-state index contributed by atoms with van der Waals surface area (Å²) in [6.07, 6.45) is 1.66. The summed E-state index contributed by atoms with van der Waals surface area (Å²) in [7, 11) is -10.6. The van der Waals surface area contributed by atoms with E-state index in [-0.39, 0.29) is 42.0 Å². The fourth-order valence-electron chi connectivity index (χ4n) is 4.86. The van der Waals surface area contributed by atoms with Crippen molar-refractivity contribution in [3.63, 3.8) is 0 Å². The van der Waals surface area contributed by atoms with Gasteiger partial charge in [0.1, 0.15) is 42.0 Å². The quantitative estimate of drug-likeness (QED) is 0.0173. The van der Waals surface area contributed by atoms with Gasteiger partial charge in [-0.1, -0.05) is 61.9 Å². The van der Waals surface area contributed by atoms with Crippen LogP contribution in [0.2, 0.25) is 0 Å². The zero-order chi connectivity index (χ0) is 43.7. The molecule has 29 heteroatoms. The predicted octanol–water partition coefficient (Wildman–Crippen LogP) is 5.33. The lowest BCUT2D eigenvalue weighted by molar-refractivity contribution is -0.141. The summed E-state index contributed by atoms with van der Waals surface area (Å²) in [5, 5.41) is 2.95. The second-order valence-electron chi connectivity index (χ2n) is 12.6. The number of nitrogen functional groups attached to an aromatic ring is 1. The molecule has 1 aliphatic heterocycles. The van der Waals surface area contributed by atoms with Crippen molar-refractivity contribution in [1.82, 2.24) is 19.9 Å². The van der Waals surface area contributed by atoms with Crippen LogP contribution in [-0.4, -0.2) is 114 Å². The second kappa shape index (κ2) is 24.9. The number of aromatic nitrogens is 3. The Morgan fingerprint density at radius 3 is 2.49 bits per heavy atom. The third-order valence-corrected chi connectivity index (χ3v) is 16.3. The molecule has 1 saturated heterocycles. The number of nitrogens with zero attached hydrogens (tertiary/aromatic N) is 3. The molecule has 22 nitrogen and oxygen atoms in total. The summed E-state index contributed by atoms with van der Waals surface area (Å²) in [4.78, 5) is 68.7. The van der Waals surface area contributed by atoms with E-state index in [9.17, 15) is 33.1 Å². The van der Waals surface area contributed by atoms with Gasteiger partial charge in [-0.3, -0.25) is 9.32 Å². The molecule has 3 rings (SSSR count). The number of amides is 1. The molecular weight excluding hydrogens is 924 g/mol. The van der Waals surface area contributed by atoms with Crippen LogP contribution in [-0.2, 0) is 55.3 Å². The molecule has 0 bridgehead atoms. The molecule has 59 heavy (non-hydrogen) atoms. The van der Waals surface area contributed by atoms with Gasteiger partial charge in [0.05, 0.1) is 43.4 Å². The number of fused-ring (bicyclic) bond motifs is 1. The predicted molar refractivity (Wildman–Crippen MR) is 223 cm³/mol. The number of rotatable bonds is 26. The number of anilines is 1. The van der Waals surface area contributed by atoms with Crippen molar-refractivity contribution < 1.29 is 79.7 Å². The molecule has 2 aromatic heterocycles. The van der Waals surface area contributed by atoms with E-state index in [4.69, 9.17) is 43.7 Å². The van der Waals surface area contributed by atoms with Crippen LogP contribution in [0.3, 0.4) is 0 Å². The summed E-state index contributed by atoms with van der Waals surface area (Å²) < 4.78 is 77.1. The van der Waals surface area contributed by atoms with Gasteiger partial charge in [0, 0.05) is 36.6 Å². The van der Waals surface area contributed by atoms with Crippen LogP contribution in [0.25, 0.3) is 11.0 Å². The van der Waals surface area contributed by atoms with Crippen molar-refractivity contribution in [2.24, 2.45) is 0 Å². The van der Waals surface area contributed by atoms with Crippen molar-refractivity contribution in [2.75, 3.05) is 56.3 Å². The number of nitrogens with two attached hydrogens (primary N) is 1. The molecule has 0 spiro atoms.